The monoisotopic (exact) mass is 221 g/mol. The minimum atomic E-state index is 0.506. The van der Waals surface area contributed by atoms with E-state index in [4.69, 9.17) is 17.3 Å². The van der Waals surface area contributed by atoms with E-state index in [0.29, 0.717) is 11.6 Å². The Morgan fingerprint density at radius 2 is 2.27 bits per heavy atom. The van der Waals surface area contributed by atoms with Crippen LogP contribution in [0.15, 0.2) is 30.5 Å². The smallest absolute Gasteiger partial charge is 0.0660 e. The number of aryl methyl sites for hydroxylation is 1. The van der Waals surface area contributed by atoms with Crippen LogP contribution in [0.25, 0.3) is 5.69 Å². The second kappa shape index (κ2) is 4.04. The van der Waals surface area contributed by atoms with Gasteiger partial charge in [0.15, 0.2) is 0 Å². The van der Waals surface area contributed by atoms with E-state index in [1.165, 1.54) is 0 Å². The molecule has 0 spiro atoms. The first-order chi connectivity index (χ1) is 7.20. The van der Waals surface area contributed by atoms with E-state index in [1.807, 2.05) is 37.4 Å². The van der Waals surface area contributed by atoms with Crippen LogP contribution in [0.3, 0.4) is 0 Å². The first kappa shape index (κ1) is 10.2. The van der Waals surface area contributed by atoms with Gasteiger partial charge in [-0.1, -0.05) is 17.7 Å². The highest BCUT2D eigenvalue weighted by atomic mass is 35.5. The molecule has 1 aromatic heterocycles. The van der Waals surface area contributed by atoms with Crippen molar-refractivity contribution in [3.05, 3.63) is 46.7 Å². The lowest BCUT2D eigenvalue weighted by atomic mass is 10.3. The molecule has 0 amide bonds. The molecular formula is C11H12ClN3. The standard InChI is InChI=1S/C11H12ClN3/c1-8-9(6-13)7-15(14-8)11-4-2-3-10(12)5-11/h2-5,7H,6,13H2,1H3. The molecule has 15 heavy (non-hydrogen) atoms. The van der Waals surface area contributed by atoms with Crippen LogP contribution in [0.5, 0.6) is 0 Å². The molecule has 2 N–H and O–H groups in total. The molecule has 0 fully saturated rings. The van der Waals surface area contributed by atoms with Crippen LogP contribution in [0.1, 0.15) is 11.3 Å². The maximum atomic E-state index is 5.91. The fraction of sp³-hybridized carbons (Fsp3) is 0.182. The molecule has 0 unspecified atom stereocenters. The Morgan fingerprint density at radius 3 is 2.87 bits per heavy atom. The van der Waals surface area contributed by atoms with E-state index < -0.39 is 0 Å². The zero-order valence-electron chi connectivity index (χ0n) is 8.44. The zero-order valence-corrected chi connectivity index (χ0v) is 9.20. The molecule has 0 aliphatic rings. The molecule has 78 valence electrons. The highest BCUT2D eigenvalue weighted by Crippen LogP contribution is 2.15. The number of rotatable bonds is 2. The summed E-state index contributed by atoms with van der Waals surface area (Å²) >= 11 is 5.91. The Balaban J connectivity index is 2.45. The van der Waals surface area contributed by atoms with Crippen molar-refractivity contribution < 1.29 is 0 Å². The molecular weight excluding hydrogens is 210 g/mol. The maximum Gasteiger partial charge on any atom is 0.0660 e. The van der Waals surface area contributed by atoms with Gasteiger partial charge in [-0.05, 0) is 25.1 Å². The normalized spacial score (nSPS) is 10.6. The molecule has 3 nitrogen and oxygen atoms in total. The van der Waals surface area contributed by atoms with Crippen molar-refractivity contribution in [3.8, 4) is 5.69 Å². The van der Waals surface area contributed by atoms with Gasteiger partial charge in [0.2, 0.25) is 0 Å². The van der Waals surface area contributed by atoms with Crippen LogP contribution in [0, 0.1) is 6.92 Å². The average molecular weight is 222 g/mol. The maximum absolute atomic E-state index is 5.91. The number of benzene rings is 1. The molecule has 1 heterocycles. The van der Waals surface area contributed by atoms with Crippen LogP contribution in [-0.2, 0) is 6.54 Å². The summed E-state index contributed by atoms with van der Waals surface area (Å²) in [7, 11) is 0. The van der Waals surface area contributed by atoms with Crippen molar-refractivity contribution in [1.82, 2.24) is 9.78 Å². The van der Waals surface area contributed by atoms with Crippen molar-refractivity contribution in [2.45, 2.75) is 13.5 Å². The van der Waals surface area contributed by atoms with E-state index in [-0.39, 0.29) is 0 Å². The average Bonchev–Trinajstić information content (AvgIpc) is 2.60. The lowest BCUT2D eigenvalue weighted by molar-refractivity contribution is 0.863. The minimum Gasteiger partial charge on any atom is -0.326 e. The number of hydrogen-bond acceptors (Lipinski definition) is 2. The summed E-state index contributed by atoms with van der Waals surface area (Å²) in [5.74, 6) is 0. The molecule has 2 rings (SSSR count). The van der Waals surface area contributed by atoms with Crippen molar-refractivity contribution in [2.75, 3.05) is 0 Å². The number of halogens is 1. The van der Waals surface area contributed by atoms with E-state index >= 15 is 0 Å². The molecule has 0 saturated carbocycles. The SMILES string of the molecule is Cc1nn(-c2cccc(Cl)c2)cc1CN. The van der Waals surface area contributed by atoms with Gasteiger partial charge in [0.05, 0.1) is 11.4 Å². The Morgan fingerprint density at radius 1 is 1.47 bits per heavy atom. The summed E-state index contributed by atoms with van der Waals surface area (Å²) in [6.45, 7) is 2.45. The molecule has 0 radical (unpaired) electrons. The predicted molar refractivity (Wildman–Crippen MR) is 61.2 cm³/mol. The Bertz CT molecular complexity index is 476. The van der Waals surface area contributed by atoms with Crippen LogP contribution in [-0.4, -0.2) is 9.78 Å². The molecule has 0 saturated heterocycles. The summed E-state index contributed by atoms with van der Waals surface area (Å²) in [5, 5.41) is 5.07. The summed E-state index contributed by atoms with van der Waals surface area (Å²) in [6.07, 6.45) is 1.93. The van der Waals surface area contributed by atoms with Gasteiger partial charge in [0, 0.05) is 23.3 Å². The topological polar surface area (TPSA) is 43.8 Å². The molecule has 2 aromatic rings. The molecule has 0 bridgehead atoms. The first-order valence-electron chi connectivity index (χ1n) is 4.72. The van der Waals surface area contributed by atoms with Crippen molar-refractivity contribution in [1.29, 1.82) is 0 Å². The molecule has 4 heteroatoms. The number of nitrogens with zero attached hydrogens (tertiary/aromatic N) is 2. The second-order valence-electron chi connectivity index (χ2n) is 3.37. The number of nitrogens with two attached hydrogens (primary N) is 1. The number of hydrogen-bond donors (Lipinski definition) is 1. The van der Waals surface area contributed by atoms with Crippen LogP contribution in [0.4, 0.5) is 0 Å². The first-order valence-corrected chi connectivity index (χ1v) is 5.09. The molecule has 0 atom stereocenters. The van der Waals surface area contributed by atoms with Gasteiger partial charge in [-0.25, -0.2) is 4.68 Å². The van der Waals surface area contributed by atoms with Gasteiger partial charge in [-0.15, -0.1) is 0 Å². The summed E-state index contributed by atoms with van der Waals surface area (Å²) in [4.78, 5) is 0. The quantitative estimate of drug-likeness (QED) is 0.846. The zero-order chi connectivity index (χ0) is 10.8. The highest BCUT2D eigenvalue weighted by Gasteiger charge is 2.04. The van der Waals surface area contributed by atoms with Crippen molar-refractivity contribution in [3.63, 3.8) is 0 Å². The van der Waals surface area contributed by atoms with Gasteiger partial charge in [-0.3, -0.25) is 0 Å². The third-order valence-electron chi connectivity index (χ3n) is 2.29. The van der Waals surface area contributed by atoms with Gasteiger partial charge in [0.1, 0.15) is 0 Å². The lowest BCUT2D eigenvalue weighted by Crippen LogP contribution is -1.96. The van der Waals surface area contributed by atoms with Gasteiger partial charge in [-0.2, -0.15) is 5.10 Å². The molecule has 0 aliphatic carbocycles. The Labute approximate surface area is 93.5 Å². The van der Waals surface area contributed by atoms with Crippen molar-refractivity contribution >= 4 is 11.6 Å². The molecule has 1 aromatic carbocycles. The minimum absolute atomic E-state index is 0.506. The number of aromatic nitrogens is 2. The van der Waals surface area contributed by atoms with Gasteiger partial charge < -0.3 is 5.73 Å². The van der Waals surface area contributed by atoms with E-state index in [9.17, 15) is 0 Å². The Kier molecular flexibility index (Phi) is 2.75. The Hall–Kier alpha value is -1.32. The van der Waals surface area contributed by atoms with Crippen LogP contribution >= 0.6 is 11.6 Å². The highest BCUT2D eigenvalue weighted by molar-refractivity contribution is 6.30. The summed E-state index contributed by atoms with van der Waals surface area (Å²) in [5.41, 5.74) is 8.55. The van der Waals surface area contributed by atoms with Gasteiger partial charge >= 0.3 is 0 Å². The summed E-state index contributed by atoms with van der Waals surface area (Å²) in [6, 6.07) is 7.56. The van der Waals surface area contributed by atoms with Crippen LogP contribution < -0.4 is 5.73 Å². The van der Waals surface area contributed by atoms with E-state index in [0.717, 1.165) is 16.9 Å². The molecule has 0 aliphatic heterocycles. The van der Waals surface area contributed by atoms with Crippen molar-refractivity contribution in [2.24, 2.45) is 5.73 Å². The summed E-state index contributed by atoms with van der Waals surface area (Å²) < 4.78 is 1.80. The third kappa shape index (κ3) is 2.03. The lowest BCUT2D eigenvalue weighted by Gasteiger charge is -2.00. The fourth-order valence-electron chi connectivity index (χ4n) is 1.45. The van der Waals surface area contributed by atoms with Gasteiger partial charge in [0.25, 0.3) is 0 Å². The fourth-order valence-corrected chi connectivity index (χ4v) is 1.63. The third-order valence-corrected chi connectivity index (χ3v) is 2.53. The second-order valence-corrected chi connectivity index (χ2v) is 3.80. The van der Waals surface area contributed by atoms with Crippen LogP contribution in [0.2, 0.25) is 5.02 Å². The van der Waals surface area contributed by atoms with E-state index in [1.54, 1.807) is 4.68 Å². The van der Waals surface area contributed by atoms with E-state index in [2.05, 4.69) is 5.10 Å². The largest absolute Gasteiger partial charge is 0.326 e. The predicted octanol–water partition coefficient (Wildman–Crippen LogP) is 2.29.